The first-order valence-electron chi connectivity index (χ1n) is 4.93. The number of benzene rings is 1. The second-order valence-corrected chi connectivity index (χ2v) is 4.83. The van der Waals surface area contributed by atoms with E-state index in [2.05, 4.69) is 4.98 Å². The van der Waals surface area contributed by atoms with Crippen molar-refractivity contribution in [3.8, 4) is 0 Å². The summed E-state index contributed by atoms with van der Waals surface area (Å²) in [6.07, 6.45) is 3.23. The lowest BCUT2D eigenvalue weighted by atomic mass is 10.2. The normalized spacial score (nSPS) is 10.5. The van der Waals surface area contributed by atoms with E-state index in [0.717, 1.165) is 4.90 Å². The Bertz CT molecular complexity index is 513. The zero-order valence-corrected chi connectivity index (χ0v) is 10.4. The number of halogens is 2. The van der Waals surface area contributed by atoms with Crippen LogP contribution in [0.2, 0.25) is 5.02 Å². The lowest BCUT2D eigenvalue weighted by molar-refractivity contribution is 0.617. The van der Waals surface area contributed by atoms with Crippen LogP contribution in [0.25, 0.3) is 0 Å². The molecule has 2 rings (SSSR count). The van der Waals surface area contributed by atoms with Crippen molar-refractivity contribution in [3.63, 3.8) is 0 Å². The maximum absolute atomic E-state index is 13.5. The highest BCUT2D eigenvalue weighted by Crippen LogP contribution is 2.30. The lowest BCUT2D eigenvalue weighted by Crippen LogP contribution is -1.92. The standard InChI is InChI=1S/C12H10ClFN2S/c13-9-2-1-3-10(14)8(9)7-17-12-4-5-16-6-11(12)15/h1-6H,7,15H2. The summed E-state index contributed by atoms with van der Waals surface area (Å²) >= 11 is 7.38. The third-order valence-corrected chi connectivity index (χ3v) is 3.71. The number of aromatic nitrogens is 1. The molecule has 0 saturated heterocycles. The van der Waals surface area contributed by atoms with Gasteiger partial charge in [-0.2, -0.15) is 0 Å². The fraction of sp³-hybridized carbons (Fsp3) is 0.0833. The smallest absolute Gasteiger partial charge is 0.128 e. The Morgan fingerprint density at radius 1 is 1.35 bits per heavy atom. The minimum absolute atomic E-state index is 0.294. The number of nitrogens with two attached hydrogens (primary N) is 1. The summed E-state index contributed by atoms with van der Waals surface area (Å²) in [5, 5.41) is 0.435. The second kappa shape index (κ2) is 5.38. The SMILES string of the molecule is Nc1cnccc1SCc1c(F)cccc1Cl. The van der Waals surface area contributed by atoms with E-state index in [1.807, 2.05) is 0 Å². The third kappa shape index (κ3) is 2.90. The van der Waals surface area contributed by atoms with Gasteiger partial charge in [-0.25, -0.2) is 4.39 Å². The van der Waals surface area contributed by atoms with Gasteiger partial charge in [0.15, 0.2) is 0 Å². The Morgan fingerprint density at radius 2 is 2.18 bits per heavy atom. The summed E-state index contributed by atoms with van der Waals surface area (Å²) in [5.74, 6) is 0.150. The van der Waals surface area contributed by atoms with Gasteiger partial charge < -0.3 is 5.73 Å². The molecule has 88 valence electrons. The van der Waals surface area contributed by atoms with Crippen molar-refractivity contribution in [1.82, 2.24) is 4.98 Å². The van der Waals surface area contributed by atoms with E-state index in [0.29, 0.717) is 22.0 Å². The molecule has 0 atom stereocenters. The maximum atomic E-state index is 13.5. The fourth-order valence-corrected chi connectivity index (χ4v) is 2.62. The molecule has 0 saturated carbocycles. The van der Waals surface area contributed by atoms with E-state index < -0.39 is 0 Å². The Morgan fingerprint density at radius 3 is 2.88 bits per heavy atom. The van der Waals surface area contributed by atoms with Gasteiger partial charge in [0.1, 0.15) is 5.82 Å². The molecule has 0 aliphatic carbocycles. The third-order valence-electron chi connectivity index (χ3n) is 2.24. The predicted molar refractivity (Wildman–Crippen MR) is 69.6 cm³/mol. The van der Waals surface area contributed by atoms with Crippen molar-refractivity contribution < 1.29 is 4.39 Å². The number of anilines is 1. The van der Waals surface area contributed by atoms with E-state index in [9.17, 15) is 4.39 Å². The molecular formula is C12H10ClFN2S. The van der Waals surface area contributed by atoms with Crippen molar-refractivity contribution in [2.75, 3.05) is 5.73 Å². The van der Waals surface area contributed by atoms with Crippen molar-refractivity contribution in [1.29, 1.82) is 0 Å². The number of thioether (sulfide) groups is 1. The maximum Gasteiger partial charge on any atom is 0.128 e. The molecule has 0 radical (unpaired) electrons. The molecule has 0 unspecified atom stereocenters. The van der Waals surface area contributed by atoms with Crippen LogP contribution in [0.3, 0.4) is 0 Å². The summed E-state index contributed by atoms with van der Waals surface area (Å²) in [7, 11) is 0. The lowest BCUT2D eigenvalue weighted by Gasteiger charge is -2.07. The Hall–Kier alpha value is -1.26. The van der Waals surface area contributed by atoms with Gasteiger partial charge in [-0.15, -0.1) is 11.8 Å². The van der Waals surface area contributed by atoms with Crippen LogP contribution in [-0.4, -0.2) is 4.98 Å². The topological polar surface area (TPSA) is 38.9 Å². The van der Waals surface area contributed by atoms with Crippen molar-refractivity contribution >= 4 is 29.1 Å². The molecule has 1 heterocycles. The Labute approximate surface area is 108 Å². The number of nitrogens with zero attached hydrogens (tertiary/aromatic N) is 1. The van der Waals surface area contributed by atoms with Crippen LogP contribution in [0.15, 0.2) is 41.6 Å². The van der Waals surface area contributed by atoms with Crippen LogP contribution < -0.4 is 5.73 Å². The van der Waals surface area contributed by atoms with Gasteiger partial charge in [0.25, 0.3) is 0 Å². The zero-order valence-electron chi connectivity index (χ0n) is 8.86. The van der Waals surface area contributed by atoms with E-state index in [1.165, 1.54) is 17.8 Å². The first-order valence-corrected chi connectivity index (χ1v) is 6.30. The molecular weight excluding hydrogens is 259 g/mol. The van der Waals surface area contributed by atoms with Gasteiger partial charge in [0, 0.05) is 27.4 Å². The zero-order chi connectivity index (χ0) is 12.3. The van der Waals surface area contributed by atoms with Crippen LogP contribution in [0.5, 0.6) is 0 Å². The largest absolute Gasteiger partial charge is 0.397 e. The summed E-state index contributed by atoms with van der Waals surface area (Å²) in [5.41, 5.74) is 6.83. The summed E-state index contributed by atoms with van der Waals surface area (Å²) in [4.78, 5) is 4.77. The van der Waals surface area contributed by atoms with Crippen LogP contribution in [-0.2, 0) is 5.75 Å². The second-order valence-electron chi connectivity index (χ2n) is 3.40. The molecule has 2 N–H and O–H groups in total. The van der Waals surface area contributed by atoms with Crippen molar-refractivity contribution in [3.05, 3.63) is 53.1 Å². The van der Waals surface area contributed by atoms with E-state index in [-0.39, 0.29) is 5.82 Å². The van der Waals surface area contributed by atoms with Gasteiger partial charge in [0.05, 0.1) is 11.9 Å². The number of nitrogen functional groups attached to an aromatic ring is 1. The van der Waals surface area contributed by atoms with E-state index in [4.69, 9.17) is 17.3 Å². The van der Waals surface area contributed by atoms with Gasteiger partial charge in [-0.05, 0) is 18.2 Å². The molecule has 0 fully saturated rings. The Kier molecular flexibility index (Phi) is 3.86. The molecule has 0 bridgehead atoms. The molecule has 0 amide bonds. The number of hydrogen-bond donors (Lipinski definition) is 1. The molecule has 2 nitrogen and oxygen atoms in total. The van der Waals surface area contributed by atoms with Crippen LogP contribution >= 0.6 is 23.4 Å². The van der Waals surface area contributed by atoms with Crippen LogP contribution in [0.1, 0.15) is 5.56 Å². The van der Waals surface area contributed by atoms with Gasteiger partial charge in [-0.3, -0.25) is 4.98 Å². The highest BCUT2D eigenvalue weighted by Gasteiger charge is 2.08. The molecule has 2 aromatic rings. The number of rotatable bonds is 3. The van der Waals surface area contributed by atoms with Crippen molar-refractivity contribution in [2.24, 2.45) is 0 Å². The molecule has 1 aromatic heterocycles. The van der Waals surface area contributed by atoms with Gasteiger partial charge in [0.2, 0.25) is 0 Å². The monoisotopic (exact) mass is 268 g/mol. The first-order chi connectivity index (χ1) is 8.18. The molecule has 5 heteroatoms. The highest BCUT2D eigenvalue weighted by atomic mass is 35.5. The average molecular weight is 269 g/mol. The predicted octanol–water partition coefficient (Wildman–Crippen LogP) is 3.75. The quantitative estimate of drug-likeness (QED) is 0.862. The molecule has 0 spiro atoms. The minimum Gasteiger partial charge on any atom is -0.397 e. The molecule has 17 heavy (non-hydrogen) atoms. The van der Waals surface area contributed by atoms with E-state index >= 15 is 0 Å². The average Bonchev–Trinajstić information content (AvgIpc) is 2.30. The molecule has 0 aliphatic rings. The molecule has 0 aliphatic heterocycles. The van der Waals surface area contributed by atoms with Crippen LogP contribution in [0.4, 0.5) is 10.1 Å². The fourth-order valence-electron chi connectivity index (χ4n) is 1.35. The van der Waals surface area contributed by atoms with Gasteiger partial charge in [-0.1, -0.05) is 17.7 Å². The van der Waals surface area contributed by atoms with Crippen molar-refractivity contribution in [2.45, 2.75) is 10.6 Å². The van der Waals surface area contributed by atoms with E-state index in [1.54, 1.807) is 30.6 Å². The van der Waals surface area contributed by atoms with Crippen LogP contribution in [0, 0.1) is 5.82 Å². The highest BCUT2D eigenvalue weighted by molar-refractivity contribution is 7.98. The minimum atomic E-state index is -0.294. The molecule has 1 aromatic carbocycles. The van der Waals surface area contributed by atoms with Gasteiger partial charge >= 0.3 is 0 Å². The summed E-state index contributed by atoms with van der Waals surface area (Å²) in [6, 6.07) is 6.47. The first kappa shape index (κ1) is 12.2. The summed E-state index contributed by atoms with van der Waals surface area (Å²) < 4.78 is 13.5. The number of hydrogen-bond acceptors (Lipinski definition) is 3. The summed E-state index contributed by atoms with van der Waals surface area (Å²) in [6.45, 7) is 0. The number of pyridine rings is 1. The Balaban J connectivity index is 2.16.